The van der Waals surface area contributed by atoms with E-state index in [-0.39, 0.29) is 0 Å². The predicted octanol–water partition coefficient (Wildman–Crippen LogP) is 1.59. The Morgan fingerprint density at radius 1 is 1.53 bits per heavy atom. The van der Waals surface area contributed by atoms with Crippen LogP contribution in [0.25, 0.3) is 0 Å². The summed E-state index contributed by atoms with van der Waals surface area (Å²) >= 11 is 2.25. The topological polar surface area (TPSA) is 41.0 Å². The van der Waals surface area contributed by atoms with E-state index in [2.05, 4.69) is 56.6 Å². The zero-order chi connectivity index (χ0) is 10.8. The average Bonchev–Trinajstić information content (AvgIpc) is 2.12. The van der Waals surface area contributed by atoms with E-state index in [4.69, 9.17) is 0 Å². The lowest BCUT2D eigenvalue weighted by Crippen LogP contribution is -2.57. The van der Waals surface area contributed by atoms with E-state index in [9.17, 15) is 0 Å². The molecule has 0 unspecified atom stereocenters. The van der Waals surface area contributed by atoms with E-state index in [1.54, 1.807) is 6.33 Å². The largest absolute Gasteiger partial charge is 0.364 e. The minimum atomic E-state index is 0.538. The number of hydrogen-bond donors (Lipinski definition) is 1. The average molecular weight is 318 g/mol. The second kappa shape index (κ2) is 4.61. The van der Waals surface area contributed by atoms with Crippen molar-refractivity contribution in [2.45, 2.75) is 25.9 Å². The van der Waals surface area contributed by atoms with Crippen molar-refractivity contribution in [2.24, 2.45) is 0 Å². The molecule has 2 heterocycles. The van der Waals surface area contributed by atoms with Crippen molar-refractivity contribution in [1.29, 1.82) is 0 Å². The van der Waals surface area contributed by atoms with Crippen LogP contribution in [0.15, 0.2) is 12.5 Å². The van der Waals surface area contributed by atoms with Crippen LogP contribution in [0.2, 0.25) is 0 Å². The predicted molar refractivity (Wildman–Crippen MR) is 68.9 cm³/mol. The Hall–Kier alpha value is -0.430. The number of halogens is 1. The summed E-state index contributed by atoms with van der Waals surface area (Å²) in [6.07, 6.45) is 3.41. The lowest BCUT2D eigenvalue weighted by atomic mass is 10.1. The second-order valence-corrected chi connectivity index (χ2v) is 5.27. The number of nitrogens with one attached hydrogen (secondary N) is 1. The van der Waals surface area contributed by atoms with Gasteiger partial charge in [0.1, 0.15) is 12.1 Å². The third-order valence-corrected chi connectivity index (χ3v) is 3.44. The summed E-state index contributed by atoms with van der Waals surface area (Å²) in [5.41, 5.74) is 0. The molecule has 5 heteroatoms. The van der Waals surface area contributed by atoms with Gasteiger partial charge in [0.25, 0.3) is 0 Å². The van der Waals surface area contributed by atoms with Gasteiger partial charge in [0.2, 0.25) is 0 Å². The number of likely N-dealkylation sites (tertiary alicyclic amines) is 1. The first-order valence-corrected chi connectivity index (χ1v) is 6.21. The molecular formula is C10H15IN4. The molecule has 15 heavy (non-hydrogen) atoms. The molecule has 1 aromatic heterocycles. The summed E-state index contributed by atoms with van der Waals surface area (Å²) in [6.45, 7) is 6.67. The lowest BCUT2D eigenvalue weighted by molar-refractivity contribution is 0.122. The Balaban J connectivity index is 1.88. The molecular weight excluding hydrogens is 303 g/mol. The molecule has 0 aliphatic carbocycles. The number of anilines is 1. The Bertz CT molecular complexity index is 336. The van der Waals surface area contributed by atoms with Crippen LogP contribution >= 0.6 is 22.6 Å². The van der Waals surface area contributed by atoms with Crippen molar-refractivity contribution in [1.82, 2.24) is 14.9 Å². The number of rotatable bonds is 3. The van der Waals surface area contributed by atoms with E-state index >= 15 is 0 Å². The van der Waals surface area contributed by atoms with Gasteiger partial charge in [-0.3, -0.25) is 4.90 Å². The fraction of sp³-hybridized carbons (Fsp3) is 0.600. The first-order chi connectivity index (χ1) is 7.16. The van der Waals surface area contributed by atoms with Crippen LogP contribution in [0.1, 0.15) is 13.8 Å². The maximum Gasteiger partial charge on any atom is 0.143 e. The molecule has 82 valence electrons. The fourth-order valence-corrected chi connectivity index (χ4v) is 2.09. The third kappa shape index (κ3) is 2.57. The fourth-order valence-electron chi connectivity index (χ4n) is 1.64. The highest BCUT2D eigenvalue weighted by atomic mass is 127. The molecule has 2 rings (SSSR count). The van der Waals surface area contributed by atoms with Crippen LogP contribution in [-0.4, -0.2) is 40.0 Å². The van der Waals surface area contributed by atoms with Gasteiger partial charge in [0.15, 0.2) is 0 Å². The maximum absolute atomic E-state index is 4.22. The minimum Gasteiger partial charge on any atom is -0.364 e. The summed E-state index contributed by atoms with van der Waals surface area (Å²) in [4.78, 5) is 10.6. The van der Waals surface area contributed by atoms with Crippen LogP contribution in [-0.2, 0) is 0 Å². The summed E-state index contributed by atoms with van der Waals surface area (Å²) in [5.74, 6) is 0.957. The lowest BCUT2D eigenvalue weighted by Gasteiger charge is -2.42. The SMILES string of the molecule is CC(C)N1CC(Nc2ncncc2I)C1. The summed E-state index contributed by atoms with van der Waals surface area (Å²) in [7, 11) is 0. The third-order valence-electron chi connectivity index (χ3n) is 2.65. The van der Waals surface area contributed by atoms with Gasteiger partial charge in [0, 0.05) is 25.3 Å². The van der Waals surface area contributed by atoms with Crippen LogP contribution in [0, 0.1) is 3.57 Å². The molecule has 0 spiro atoms. The standard InChI is InChI=1S/C10H15IN4/c1-7(2)15-4-8(5-15)14-10-9(11)3-12-6-13-10/h3,6-8H,4-5H2,1-2H3,(H,12,13,14). The van der Waals surface area contributed by atoms with Crippen molar-refractivity contribution in [3.8, 4) is 0 Å². The van der Waals surface area contributed by atoms with Crippen molar-refractivity contribution in [3.63, 3.8) is 0 Å². The zero-order valence-corrected chi connectivity index (χ0v) is 11.1. The maximum atomic E-state index is 4.22. The Kier molecular flexibility index (Phi) is 3.40. The van der Waals surface area contributed by atoms with Gasteiger partial charge in [-0.15, -0.1) is 0 Å². The molecule has 1 aliphatic rings. The summed E-state index contributed by atoms with van der Waals surface area (Å²) in [6, 6.07) is 1.18. The Morgan fingerprint density at radius 3 is 2.87 bits per heavy atom. The first-order valence-electron chi connectivity index (χ1n) is 5.13. The van der Waals surface area contributed by atoms with Gasteiger partial charge >= 0.3 is 0 Å². The van der Waals surface area contributed by atoms with Gasteiger partial charge in [0.05, 0.1) is 9.61 Å². The Labute approximate surface area is 104 Å². The molecule has 0 amide bonds. The van der Waals surface area contributed by atoms with Crippen molar-refractivity contribution in [3.05, 3.63) is 16.1 Å². The normalized spacial score (nSPS) is 17.9. The van der Waals surface area contributed by atoms with Crippen LogP contribution < -0.4 is 5.32 Å². The number of aromatic nitrogens is 2. The van der Waals surface area contributed by atoms with Gasteiger partial charge < -0.3 is 5.32 Å². The molecule has 1 aromatic rings. The van der Waals surface area contributed by atoms with E-state index < -0.39 is 0 Å². The second-order valence-electron chi connectivity index (χ2n) is 4.11. The highest BCUT2D eigenvalue weighted by Crippen LogP contribution is 2.19. The van der Waals surface area contributed by atoms with Gasteiger partial charge in [-0.1, -0.05) is 0 Å². The highest BCUT2D eigenvalue weighted by Gasteiger charge is 2.28. The molecule has 1 fully saturated rings. The van der Waals surface area contributed by atoms with Gasteiger partial charge in [-0.25, -0.2) is 9.97 Å². The van der Waals surface area contributed by atoms with Crippen LogP contribution in [0.4, 0.5) is 5.82 Å². The first kappa shape index (κ1) is 11.1. The summed E-state index contributed by atoms with van der Waals surface area (Å²) in [5, 5.41) is 3.43. The smallest absolute Gasteiger partial charge is 0.143 e. The molecule has 0 radical (unpaired) electrons. The highest BCUT2D eigenvalue weighted by molar-refractivity contribution is 14.1. The van der Waals surface area contributed by atoms with Gasteiger partial charge in [-0.05, 0) is 36.4 Å². The van der Waals surface area contributed by atoms with E-state index in [1.165, 1.54) is 0 Å². The van der Waals surface area contributed by atoms with Crippen molar-refractivity contribution >= 4 is 28.4 Å². The van der Waals surface area contributed by atoms with Crippen LogP contribution in [0.3, 0.4) is 0 Å². The molecule has 1 saturated heterocycles. The van der Waals surface area contributed by atoms with Crippen molar-refractivity contribution in [2.75, 3.05) is 18.4 Å². The molecule has 0 atom stereocenters. The molecule has 1 aliphatic heterocycles. The zero-order valence-electron chi connectivity index (χ0n) is 8.94. The molecule has 1 N–H and O–H groups in total. The van der Waals surface area contributed by atoms with Gasteiger partial charge in [-0.2, -0.15) is 0 Å². The number of nitrogens with zero attached hydrogens (tertiary/aromatic N) is 3. The van der Waals surface area contributed by atoms with Crippen LogP contribution in [0.5, 0.6) is 0 Å². The Morgan fingerprint density at radius 2 is 2.27 bits per heavy atom. The summed E-state index contributed by atoms with van der Waals surface area (Å²) < 4.78 is 1.08. The van der Waals surface area contributed by atoms with E-state index in [1.807, 2.05) is 6.20 Å². The monoisotopic (exact) mass is 318 g/mol. The molecule has 0 bridgehead atoms. The minimum absolute atomic E-state index is 0.538. The quantitative estimate of drug-likeness (QED) is 0.860. The molecule has 0 aromatic carbocycles. The van der Waals surface area contributed by atoms with Crippen molar-refractivity contribution < 1.29 is 0 Å². The molecule has 0 saturated carbocycles. The van der Waals surface area contributed by atoms with E-state index in [0.717, 1.165) is 22.5 Å². The van der Waals surface area contributed by atoms with E-state index in [0.29, 0.717) is 12.1 Å². The molecule has 4 nitrogen and oxygen atoms in total. The number of hydrogen-bond acceptors (Lipinski definition) is 4.